The zero-order valence-electron chi connectivity index (χ0n) is 10.3. The summed E-state index contributed by atoms with van der Waals surface area (Å²) >= 11 is 0. The SMILES string of the molecule is CN(C)Cc1ccccc1-c1cc[c]cc1N. The number of hydrogen-bond acceptors (Lipinski definition) is 2. The molecule has 0 spiro atoms. The third-order valence-electron chi connectivity index (χ3n) is 2.69. The summed E-state index contributed by atoms with van der Waals surface area (Å²) in [6, 6.07) is 17.1. The Balaban J connectivity index is 2.48. The Labute approximate surface area is 103 Å². The molecule has 0 heterocycles. The van der Waals surface area contributed by atoms with Crippen molar-refractivity contribution in [3.63, 3.8) is 0 Å². The number of rotatable bonds is 3. The van der Waals surface area contributed by atoms with Gasteiger partial charge in [-0.3, -0.25) is 0 Å². The highest BCUT2D eigenvalue weighted by molar-refractivity contribution is 5.78. The van der Waals surface area contributed by atoms with E-state index >= 15 is 0 Å². The molecule has 0 unspecified atom stereocenters. The molecule has 0 aliphatic heterocycles. The molecule has 1 radical (unpaired) electrons. The van der Waals surface area contributed by atoms with Gasteiger partial charge in [-0.2, -0.15) is 0 Å². The van der Waals surface area contributed by atoms with E-state index in [1.54, 1.807) is 0 Å². The first-order chi connectivity index (χ1) is 8.18. The first-order valence-corrected chi connectivity index (χ1v) is 5.67. The van der Waals surface area contributed by atoms with Crippen molar-refractivity contribution in [1.82, 2.24) is 4.90 Å². The molecule has 0 saturated heterocycles. The highest BCUT2D eigenvalue weighted by Gasteiger charge is 2.07. The van der Waals surface area contributed by atoms with Crippen molar-refractivity contribution < 1.29 is 0 Å². The maximum Gasteiger partial charge on any atom is 0.0400 e. The zero-order chi connectivity index (χ0) is 12.3. The van der Waals surface area contributed by atoms with Gasteiger partial charge in [0.2, 0.25) is 0 Å². The van der Waals surface area contributed by atoms with E-state index in [0.29, 0.717) is 0 Å². The lowest BCUT2D eigenvalue weighted by molar-refractivity contribution is 0.403. The molecule has 0 aliphatic carbocycles. The predicted octanol–water partition coefficient (Wildman–Crippen LogP) is 2.80. The lowest BCUT2D eigenvalue weighted by Gasteiger charge is -2.15. The molecular formula is C15H17N2. The van der Waals surface area contributed by atoms with Gasteiger partial charge >= 0.3 is 0 Å². The number of benzene rings is 2. The summed E-state index contributed by atoms with van der Waals surface area (Å²) in [5, 5.41) is 0. The number of nitrogen functional groups attached to an aromatic ring is 1. The lowest BCUT2D eigenvalue weighted by atomic mass is 9.98. The predicted molar refractivity (Wildman–Crippen MR) is 72.5 cm³/mol. The summed E-state index contributed by atoms with van der Waals surface area (Å²) in [5.74, 6) is 0. The van der Waals surface area contributed by atoms with Crippen molar-refractivity contribution in [2.45, 2.75) is 6.54 Å². The number of anilines is 1. The molecule has 17 heavy (non-hydrogen) atoms. The van der Waals surface area contributed by atoms with Gasteiger partial charge in [0.1, 0.15) is 0 Å². The van der Waals surface area contributed by atoms with Gasteiger partial charge in [-0.05, 0) is 37.4 Å². The standard InChI is InChI=1S/C15H17N2/c1-17(2)11-12-7-3-4-8-13(12)14-9-5-6-10-15(14)16/h3-5,7-10H,11,16H2,1-2H3. The summed E-state index contributed by atoms with van der Waals surface area (Å²) in [4.78, 5) is 2.16. The smallest absolute Gasteiger partial charge is 0.0400 e. The Morgan fingerprint density at radius 3 is 2.59 bits per heavy atom. The molecule has 2 aromatic rings. The van der Waals surface area contributed by atoms with Crippen molar-refractivity contribution in [3.8, 4) is 11.1 Å². The fourth-order valence-electron chi connectivity index (χ4n) is 1.95. The van der Waals surface area contributed by atoms with Gasteiger partial charge in [0.25, 0.3) is 0 Å². The molecular weight excluding hydrogens is 208 g/mol. The van der Waals surface area contributed by atoms with Crippen molar-refractivity contribution in [2.75, 3.05) is 19.8 Å². The third-order valence-corrected chi connectivity index (χ3v) is 2.69. The second-order valence-electron chi connectivity index (χ2n) is 4.41. The van der Waals surface area contributed by atoms with Gasteiger partial charge in [-0.25, -0.2) is 0 Å². The maximum absolute atomic E-state index is 6.01. The van der Waals surface area contributed by atoms with Crippen molar-refractivity contribution in [1.29, 1.82) is 0 Å². The van der Waals surface area contributed by atoms with Gasteiger partial charge in [0.05, 0.1) is 0 Å². The van der Waals surface area contributed by atoms with Crippen molar-refractivity contribution in [3.05, 3.63) is 54.1 Å². The van der Waals surface area contributed by atoms with Crippen LogP contribution in [0.25, 0.3) is 11.1 Å². The molecule has 2 aromatic carbocycles. The summed E-state index contributed by atoms with van der Waals surface area (Å²) < 4.78 is 0. The first kappa shape index (κ1) is 11.7. The van der Waals surface area contributed by atoms with Crippen LogP contribution in [0.3, 0.4) is 0 Å². The van der Waals surface area contributed by atoms with Gasteiger partial charge in [-0.15, -0.1) is 0 Å². The molecule has 0 atom stereocenters. The fourth-order valence-corrected chi connectivity index (χ4v) is 1.95. The molecule has 2 rings (SSSR count). The number of nitrogens with zero attached hydrogens (tertiary/aromatic N) is 1. The molecule has 0 aromatic heterocycles. The highest BCUT2D eigenvalue weighted by atomic mass is 15.0. The van der Waals surface area contributed by atoms with Crippen LogP contribution in [0.15, 0.2) is 42.5 Å². The topological polar surface area (TPSA) is 29.3 Å². The molecule has 0 aliphatic rings. The molecule has 0 fully saturated rings. The summed E-state index contributed by atoms with van der Waals surface area (Å²) in [5.41, 5.74) is 10.4. The van der Waals surface area contributed by atoms with Crippen LogP contribution in [0.2, 0.25) is 0 Å². The van der Waals surface area contributed by atoms with Gasteiger partial charge in [0.15, 0.2) is 0 Å². The van der Waals surface area contributed by atoms with E-state index in [2.05, 4.69) is 43.3 Å². The number of hydrogen-bond donors (Lipinski definition) is 1. The largest absolute Gasteiger partial charge is 0.398 e. The van der Waals surface area contributed by atoms with E-state index in [4.69, 9.17) is 5.73 Å². The second kappa shape index (κ2) is 5.02. The van der Waals surface area contributed by atoms with E-state index in [1.165, 1.54) is 11.1 Å². The molecule has 87 valence electrons. The fraction of sp³-hybridized carbons (Fsp3) is 0.200. The third kappa shape index (κ3) is 2.66. The molecule has 2 N–H and O–H groups in total. The minimum absolute atomic E-state index is 0.777. The lowest BCUT2D eigenvalue weighted by Crippen LogP contribution is -2.11. The van der Waals surface area contributed by atoms with Crippen molar-refractivity contribution >= 4 is 5.69 Å². The van der Waals surface area contributed by atoms with Gasteiger partial charge < -0.3 is 10.6 Å². The average Bonchev–Trinajstić information content (AvgIpc) is 2.30. The van der Waals surface area contributed by atoms with Crippen LogP contribution in [0.1, 0.15) is 5.56 Å². The highest BCUT2D eigenvalue weighted by Crippen LogP contribution is 2.28. The molecule has 0 bridgehead atoms. The van der Waals surface area contributed by atoms with Crippen LogP contribution in [0.4, 0.5) is 5.69 Å². The van der Waals surface area contributed by atoms with Gasteiger partial charge in [-0.1, -0.05) is 36.4 Å². The summed E-state index contributed by atoms with van der Waals surface area (Å²) in [6.45, 7) is 0.911. The summed E-state index contributed by atoms with van der Waals surface area (Å²) in [6.07, 6.45) is 0. The van der Waals surface area contributed by atoms with Crippen LogP contribution >= 0.6 is 0 Å². The first-order valence-electron chi connectivity index (χ1n) is 5.67. The van der Waals surface area contributed by atoms with Crippen LogP contribution in [-0.4, -0.2) is 19.0 Å². The van der Waals surface area contributed by atoms with Gasteiger partial charge in [0, 0.05) is 17.8 Å². The Kier molecular flexibility index (Phi) is 3.45. The number of nitrogens with two attached hydrogens (primary N) is 1. The zero-order valence-corrected chi connectivity index (χ0v) is 10.3. The van der Waals surface area contributed by atoms with Crippen LogP contribution in [-0.2, 0) is 6.54 Å². The van der Waals surface area contributed by atoms with Crippen LogP contribution in [0, 0.1) is 6.07 Å². The Morgan fingerprint density at radius 2 is 1.88 bits per heavy atom. The minimum Gasteiger partial charge on any atom is -0.398 e. The van der Waals surface area contributed by atoms with E-state index in [9.17, 15) is 0 Å². The maximum atomic E-state index is 6.01. The normalized spacial score (nSPS) is 10.8. The molecule has 0 amide bonds. The Hall–Kier alpha value is -1.80. The second-order valence-corrected chi connectivity index (χ2v) is 4.41. The van der Waals surface area contributed by atoms with Crippen LogP contribution < -0.4 is 5.73 Å². The molecule has 2 nitrogen and oxygen atoms in total. The van der Waals surface area contributed by atoms with E-state index in [0.717, 1.165) is 17.8 Å². The minimum atomic E-state index is 0.777. The average molecular weight is 225 g/mol. The quantitative estimate of drug-likeness (QED) is 0.814. The molecule has 2 heteroatoms. The van der Waals surface area contributed by atoms with Crippen LogP contribution in [0.5, 0.6) is 0 Å². The molecule has 0 saturated carbocycles. The Bertz CT molecular complexity index is 504. The van der Waals surface area contributed by atoms with E-state index in [-0.39, 0.29) is 0 Å². The van der Waals surface area contributed by atoms with Crippen molar-refractivity contribution in [2.24, 2.45) is 0 Å². The van der Waals surface area contributed by atoms with E-state index < -0.39 is 0 Å². The van der Waals surface area contributed by atoms with E-state index in [1.807, 2.05) is 24.3 Å². The summed E-state index contributed by atoms with van der Waals surface area (Å²) in [7, 11) is 4.14. The monoisotopic (exact) mass is 225 g/mol. The Morgan fingerprint density at radius 1 is 1.12 bits per heavy atom.